The average Bonchev–Trinajstić information content (AvgIpc) is 2.77. The van der Waals surface area contributed by atoms with Gasteiger partial charge in [-0.1, -0.05) is 47.5 Å². The Kier molecular flexibility index (Phi) is 3.82. The SMILES string of the molecule is CC1=NN(c2cccc(Cl)c2)C(=O)C1=Cc1ccc(C)cc1. The van der Waals surface area contributed by atoms with Crippen LogP contribution in [0.2, 0.25) is 5.02 Å². The molecule has 0 bridgehead atoms. The lowest BCUT2D eigenvalue weighted by molar-refractivity contribution is -0.114. The van der Waals surface area contributed by atoms with E-state index in [4.69, 9.17) is 11.6 Å². The van der Waals surface area contributed by atoms with Gasteiger partial charge in [0.2, 0.25) is 0 Å². The lowest BCUT2D eigenvalue weighted by atomic mass is 10.1. The molecule has 0 fully saturated rings. The van der Waals surface area contributed by atoms with E-state index in [0.717, 1.165) is 5.56 Å². The molecular weight excluding hydrogens is 296 g/mol. The zero-order valence-corrected chi connectivity index (χ0v) is 13.1. The van der Waals surface area contributed by atoms with Crippen molar-refractivity contribution >= 4 is 35.0 Å². The molecule has 3 rings (SSSR count). The van der Waals surface area contributed by atoms with E-state index in [0.29, 0.717) is 22.0 Å². The molecule has 110 valence electrons. The normalized spacial score (nSPS) is 16.3. The highest BCUT2D eigenvalue weighted by molar-refractivity contribution is 6.33. The smallest absolute Gasteiger partial charge is 0.267 e. The van der Waals surface area contributed by atoms with E-state index < -0.39 is 0 Å². The van der Waals surface area contributed by atoms with E-state index in [-0.39, 0.29) is 5.91 Å². The second kappa shape index (κ2) is 5.78. The summed E-state index contributed by atoms with van der Waals surface area (Å²) in [6.07, 6.45) is 1.87. The number of aryl methyl sites for hydroxylation is 1. The van der Waals surface area contributed by atoms with Crippen LogP contribution in [0.3, 0.4) is 0 Å². The second-order valence-electron chi connectivity index (χ2n) is 5.25. The summed E-state index contributed by atoms with van der Waals surface area (Å²) >= 11 is 5.99. The summed E-state index contributed by atoms with van der Waals surface area (Å²) in [7, 11) is 0. The quantitative estimate of drug-likeness (QED) is 0.754. The monoisotopic (exact) mass is 310 g/mol. The fraction of sp³-hybridized carbons (Fsp3) is 0.111. The zero-order chi connectivity index (χ0) is 15.7. The number of halogens is 1. The maximum atomic E-state index is 12.6. The van der Waals surface area contributed by atoms with Gasteiger partial charge in [0.1, 0.15) is 0 Å². The number of hydrogen-bond donors (Lipinski definition) is 0. The number of hydrogen-bond acceptors (Lipinski definition) is 2. The summed E-state index contributed by atoms with van der Waals surface area (Å²) in [4.78, 5) is 12.6. The molecule has 3 nitrogen and oxygen atoms in total. The van der Waals surface area contributed by atoms with Gasteiger partial charge < -0.3 is 0 Å². The highest BCUT2D eigenvalue weighted by Crippen LogP contribution is 2.26. The predicted molar refractivity (Wildman–Crippen MR) is 91.2 cm³/mol. The van der Waals surface area contributed by atoms with Crippen molar-refractivity contribution in [1.82, 2.24) is 0 Å². The van der Waals surface area contributed by atoms with Gasteiger partial charge in [0, 0.05) is 5.02 Å². The van der Waals surface area contributed by atoms with E-state index in [1.807, 2.05) is 50.3 Å². The molecule has 1 heterocycles. The Labute approximate surface area is 134 Å². The van der Waals surface area contributed by atoms with E-state index in [2.05, 4.69) is 5.10 Å². The highest BCUT2D eigenvalue weighted by Gasteiger charge is 2.28. The van der Waals surface area contributed by atoms with Gasteiger partial charge in [-0.05, 0) is 43.7 Å². The summed E-state index contributed by atoms with van der Waals surface area (Å²) in [5, 5.41) is 6.32. The molecule has 4 heteroatoms. The summed E-state index contributed by atoms with van der Waals surface area (Å²) in [6, 6.07) is 15.1. The third kappa shape index (κ3) is 2.81. The molecule has 22 heavy (non-hydrogen) atoms. The summed E-state index contributed by atoms with van der Waals surface area (Å²) in [5.74, 6) is -0.139. The largest absolute Gasteiger partial charge is 0.280 e. The first-order valence-corrected chi connectivity index (χ1v) is 7.36. The number of hydrazone groups is 1. The highest BCUT2D eigenvalue weighted by atomic mass is 35.5. The van der Waals surface area contributed by atoms with E-state index in [9.17, 15) is 4.79 Å². The molecule has 0 radical (unpaired) electrons. The van der Waals surface area contributed by atoms with Gasteiger partial charge in [-0.25, -0.2) is 0 Å². The minimum absolute atomic E-state index is 0.139. The van der Waals surface area contributed by atoms with Crippen molar-refractivity contribution < 1.29 is 4.79 Å². The minimum Gasteiger partial charge on any atom is -0.267 e. The number of rotatable bonds is 2. The van der Waals surface area contributed by atoms with Crippen molar-refractivity contribution in [2.75, 3.05) is 5.01 Å². The third-order valence-corrected chi connectivity index (χ3v) is 3.74. The first-order chi connectivity index (χ1) is 10.5. The predicted octanol–water partition coefficient (Wildman–Crippen LogP) is 4.45. The van der Waals surface area contributed by atoms with Gasteiger partial charge in [-0.3, -0.25) is 4.79 Å². The number of nitrogens with zero attached hydrogens (tertiary/aromatic N) is 2. The van der Waals surface area contributed by atoms with Crippen LogP contribution in [0.1, 0.15) is 18.1 Å². The molecule has 0 unspecified atom stereocenters. The molecule has 0 spiro atoms. The fourth-order valence-electron chi connectivity index (χ4n) is 2.30. The van der Waals surface area contributed by atoms with Crippen molar-refractivity contribution in [2.45, 2.75) is 13.8 Å². The van der Waals surface area contributed by atoms with Crippen molar-refractivity contribution in [3.63, 3.8) is 0 Å². The lowest BCUT2D eigenvalue weighted by Gasteiger charge is -2.11. The lowest BCUT2D eigenvalue weighted by Crippen LogP contribution is -2.21. The van der Waals surface area contributed by atoms with Crippen LogP contribution < -0.4 is 5.01 Å². The van der Waals surface area contributed by atoms with Crippen LogP contribution in [0.15, 0.2) is 59.2 Å². The summed E-state index contributed by atoms with van der Waals surface area (Å²) in [6.45, 7) is 3.87. The molecule has 0 saturated heterocycles. The zero-order valence-electron chi connectivity index (χ0n) is 12.4. The van der Waals surface area contributed by atoms with Gasteiger partial charge in [-0.15, -0.1) is 0 Å². The molecule has 0 N–H and O–H groups in total. The molecule has 1 aliphatic rings. The molecule has 0 aliphatic carbocycles. The van der Waals surface area contributed by atoms with Crippen LogP contribution in [-0.4, -0.2) is 11.6 Å². The standard InChI is InChI=1S/C18H15ClN2O/c1-12-6-8-14(9-7-12)10-17-13(2)20-21(18(17)22)16-5-3-4-15(19)11-16/h3-11H,1-2H3. The Morgan fingerprint density at radius 1 is 1.09 bits per heavy atom. The molecular formula is C18H15ClN2O. The molecule has 0 atom stereocenters. The van der Waals surface area contributed by atoms with Crippen LogP contribution in [-0.2, 0) is 4.79 Å². The first kappa shape index (κ1) is 14.5. The van der Waals surface area contributed by atoms with Crippen molar-refractivity contribution in [3.8, 4) is 0 Å². The maximum absolute atomic E-state index is 12.6. The fourth-order valence-corrected chi connectivity index (χ4v) is 2.48. The second-order valence-corrected chi connectivity index (χ2v) is 5.69. The number of benzene rings is 2. The van der Waals surface area contributed by atoms with Crippen molar-refractivity contribution in [3.05, 3.63) is 70.3 Å². The van der Waals surface area contributed by atoms with Gasteiger partial charge in [0.15, 0.2) is 0 Å². The van der Waals surface area contributed by atoms with Crippen LogP contribution >= 0.6 is 11.6 Å². The number of carbonyl (C=O) groups excluding carboxylic acids is 1. The van der Waals surface area contributed by atoms with E-state index in [1.165, 1.54) is 10.6 Å². The van der Waals surface area contributed by atoms with Crippen molar-refractivity contribution in [2.24, 2.45) is 5.10 Å². The minimum atomic E-state index is -0.139. The Hall–Kier alpha value is -2.39. The number of anilines is 1. The van der Waals surface area contributed by atoms with Gasteiger partial charge in [-0.2, -0.15) is 10.1 Å². The Balaban J connectivity index is 1.94. The molecule has 1 aliphatic heterocycles. The van der Waals surface area contributed by atoms with Crippen LogP contribution in [0.5, 0.6) is 0 Å². The maximum Gasteiger partial charge on any atom is 0.280 e. The van der Waals surface area contributed by atoms with Gasteiger partial charge in [0.25, 0.3) is 5.91 Å². The molecule has 0 aromatic heterocycles. The van der Waals surface area contributed by atoms with Crippen LogP contribution in [0.25, 0.3) is 6.08 Å². The van der Waals surface area contributed by atoms with Crippen LogP contribution in [0, 0.1) is 6.92 Å². The first-order valence-electron chi connectivity index (χ1n) is 6.98. The van der Waals surface area contributed by atoms with Gasteiger partial charge in [0.05, 0.1) is 17.0 Å². The van der Waals surface area contributed by atoms with Crippen LogP contribution in [0.4, 0.5) is 5.69 Å². The van der Waals surface area contributed by atoms with E-state index >= 15 is 0 Å². The number of carbonyl (C=O) groups is 1. The number of amides is 1. The molecule has 2 aromatic rings. The van der Waals surface area contributed by atoms with Gasteiger partial charge >= 0.3 is 0 Å². The Morgan fingerprint density at radius 3 is 2.50 bits per heavy atom. The van der Waals surface area contributed by atoms with Crippen molar-refractivity contribution in [1.29, 1.82) is 0 Å². The Morgan fingerprint density at radius 2 is 1.82 bits per heavy atom. The van der Waals surface area contributed by atoms with E-state index in [1.54, 1.807) is 18.2 Å². The molecule has 2 aromatic carbocycles. The molecule has 1 amide bonds. The molecule has 0 saturated carbocycles. The third-order valence-electron chi connectivity index (χ3n) is 3.50. The Bertz CT molecular complexity index is 791. The average molecular weight is 311 g/mol. The summed E-state index contributed by atoms with van der Waals surface area (Å²) in [5.41, 5.74) is 4.14. The topological polar surface area (TPSA) is 32.7 Å². The summed E-state index contributed by atoms with van der Waals surface area (Å²) < 4.78 is 0.